The molecular formula is C24H21F3N8O2S. The number of H-pyrrole nitrogens is 1. The highest BCUT2D eigenvalue weighted by atomic mass is 32.1. The fraction of sp³-hybridized carbons (Fsp3) is 0.208. The number of likely N-dealkylation sites (N-methyl/N-ethyl adjacent to an activating group) is 1. The van der Waals surface area contributed by atoms with Crippen LogP contribution in [0.5, 0.6) is 0 Å². The largest absolute Gasteiger partial charge is 0.431 e. The number of carbonyl (C=O) groups excluding carboxylic acids is 2. The quantitative estimate of drug-likeness (QED) is 0.277. The minimum atomic E-state index is -4.84. The smallest absolute Gasteiger partial charge is 0.394 e. The number of allylic oxidation sites excluding steroid dienone is 2. The number of rotatable bonds is 6. The van der Waals surface area contributed by atoms with Crippen molar-refractivity contribution in [2.75, 3.05) is 11.9 Å². The summed E-state index contributed by atoms with van der Waals surface area (Å²) in [5.41, 5.74) is 4.48. The number of hydrogen-bond acceptors (Lipinski definition) is 7. The van der Waals surface area contributed by atoms with E-state index in [-0.39, 0.29) is 17.9 Å². The van der Waals surface area contributed by atoms with Gasteiger partial charge in [0, 0.05) is 47.3 Å². The van der Waals surface area contributed by atoms with Gasteiger partial charge in [0.25, 0.3) is 11.8 Å². The van der Waals surface area contributed by atoms with Crippen molar-refractivity contribution in [3.63, 3.8) is 0 Å². The van der Waals surface area contributed by atoms with Crippen LogP contribution in [-0.4, -0.2) is 57.0 Å². The molecule has 1 atom stereocenters. The number of hydrogen-bond donors (Lipinski definition) is 4. The molecule has 4 heterocycles. The number of nitrogens with two attached hydrogens (primary N) is 1. The van der Waals surface area contributed by atoms with E-state index in [0.717, 1.165) is 4.88 Å². The Balaban J connectivity index is 1.48. The van der Waals surface area contributed by atoms with E-state index in [4.69, 9.17) is 11.1 Å². The number of aromatic nitrogens is 4. The highest BCUT2D eigenvalue weighted by molar-refractivity contribution is 7.09. The number of carbonyl (C=O) groups is 2. The van der Waals surface area contributed by atoms with Crippen molar-refractivity contribution in [1.82, 2.24) is 25.1 Å². The molecular weight excluding hydrogens is 521 g/mol. The summed E-state index contributed by atoms with van der Waals surface area (Å²) in [5.74, 6) is -0.761. The Kier molecular flexibility index (Phi) is 6.26. The van der Waals surface area contributed by atoms with Crippen molar-refractivity contribution in [3.8, 4) is 0 Å². The summed E-state index contributed by atoms with van der Waals surface area (Å²) in [6.07, 6.45) is -2.40. The van der Waals surface area contributed by atoms with Gasteiger partial charge in [-0.1, -0.05) is 18.2 Å². The summed E-state index contributed by atoms with van der Waals surface area (Å²) in [7, 11) is 1.52. The molecule has 4 aromatic rings. The molecule has 0 radical (unpaired) electrons. The normalized spacial score (nSPS) is 16.4. The molecule has 10 nitrogen and oxygen atoms in total. The molecule has 0 unspecified atom stereocenters. The Hall–Kier alpha value is -4.46. The average molecular weight is 543 g/mol. The average Bonchev–Trinajstić information content (AvgIpc) is 3.63. The maximum Gasteiger partial charge on any atom is 0.431 e. The maximum atomic E-state index is 13.4. The van der Waals surface area contributed by atoms with Crippen LogP contribution in [0.2, 0.25) is 0 Å². The van der Waals surface area contributed by atoms with Crippen LogP contribution in [-0.2, 0) is 17.8 Å². The number of nitrogens with zero attached hydrogens (tertiary/aromatic N) is 4. The molecule has 38 heavy (non-hydrogen) atoms. The van der Waals surface area contributed by atoms with Gasteiger partial charge in [-0.25, -0.2) is 4.98 Å². The predicted molar refractivity (Wildman–Crippen MR) is 136 cm³/mol. The lowest BCUT2D eigenvalue weighted by atomic mass is 10.0. The van der Waals surface area contributed by atoms with E-state index in [1.165, 1.54) is 29.5 Å². The summed E-state index contributed by atoms with van der Waals surface area (Å²) in [6, 6.07) is 7.60. The van der Waals surface area contributed by atoms with Crippen molar-refractivity contribution in [1.29, 1.82) is 5.41 Å². The Labute approximate surface area is 217 Å². The minimum Gasteiger partial charge on any atom is -0.394 e. The zero-order chi connectivity index (χ0) is 27.2. The number of halogens is 3. The van der Waals surface area contributed by atoms with Crippen molar-refractivity contribution in [2.45, 2.75) is 25.2 Å². The van der Waals surface area contributed by atoms with Gasteiger partial charge in [0.05, 0.1) is 17.7 Å². The van der Waals surface area contributed by atoms with Gasteiger partial charge >= 0.3 is 6.18 Å². The molecule has 0 saturated heterocycles. The van der Waals surface area contributed by atoms with Crippen LogP contribution in [0, 0.1) is 5.41 Å². The number of para-hydroxylation sites is 1. The number of aromatic amines is 1. The van der Waals surface area contributed by atoms with Crippen molar-refractivity contribution >= 4 is 51.5 Å². The van der Waals surface area contributed by atoms with Crippen molar-refractivity contribution in [3.05, 3.63) is 69.7 Å². The number of amides is 2. The highest BCUT2D eigenvalue weighted by Crippen LogP contribution is 2.37. The van der Waals surface area contributed by atoms with Crippen LogP contribution >= 0.6 is 11.3 Å². The summed E-state index contributed by atoms with van der Waals surface area (Å²) in [5, 5.41) is 19.3. The predicted octanol–water partition coefficient (Wildman–Crippen LogP) is 3.07. The second-order valence-corrected chi connectivity index (χ2v) is 9.66. The van der Waals surface area contributed by atoms with Gasteiger partial charge in [-0.3, -0.25) is 14.7 Å². The van der Waals surface area contributed by atoms with Crippen LogP contribution in [0.3, 0.4) is 0 Å². The third kappa shape index (κ3) is 4.42. The fourth-order valence-electron chi connectivity index (χ4n) is 4.43. The minimum absolute atomic E-state index is 0.0773. The van der Waals surface area contributed by atoms with Crippen molar-refractivity contribution < 1.29 is 22.8 Å². The van der Waals surface area contributed by atoms with Crippen LogP contribution in [0.15, 0.2) is 47.6 Å². The van der Waals surface area contributed by atoms with E-state index < -0.39 is 35.3 Å². The van der Waals surface area contributed by atoms with E-state index in [1.54, 1.807) is 22.8 Å². The number of benzene rings is 1. The first-order chi connectivity index (χ1) is 18.1. The van der Waals surface area contributed by atoms with Gasteiger partial charge in [0.15, 0.2) is 0 Å². The third-order valence-corrected chi connectivity index (χ3v) is 7.11. The van der Waals surface area contributed by atoms with Crippen LogP contribution in [0.25, 0.3) is 16.5 Å². The number of thiophene rings is 1. The molecule has 0 saturated carbocycles. The van der Waals surface area contributed by atoms with Gasteiger partial charge in [0.2, 0.25) is 5.82 Å². The summed E-state index contributed by atoms with van der Waals surface area (Å²) < 4.78 is 41.8. The van der Waals surface area contributed by atoms with E-state index in [2.05, 4.69) is 20.5 Å². The van der Waals surface area contributed by atoms with E-state index in [0.29, 0.717) is 35.1 Å². The Morgan fingerprint density at radius 1 is 1.34 bits per heavy atom. The molecule has 0 fully saturated rings. The lowest BCUT2D eigenvalue weighted by Gasteiger charge is -2.21. The first kappa shape index (κ1) is 25.2. The van der Waals surface area contributed by atoms with E-state index in [1.807, 2.05) is 17.5 Å². The van der Waals surface area contributed by atoms with Crippen LogP contribution in [0.4, 0.5) is 18.9 Å². The maximum absolute atomic E-state index is 13.4. The first-order valence-electron chi connectivity index (χ1n) is 11.3. The van der Waals surface area contributed by atoms with Gasteiger partial charge < -0.3 is 25.9 Å². The molecule has 0 bridgehead atoms. The molecule has 0 spiro atoms. The fourth-order valence-corrected chi connectivity index (χ4v) is 5.14. The second kappa shape index (κ2) is 9.45. The highest BCUT2D eigenvalue weighted by Gasteiger charge is 2.36. The molecule has 1 aliphatic rings. The molecule has 2 amide bonds. The Morgan fingerprint density at radius 2 is 2.13 bits per heavy atom. The van der Waals surface area contributed by atoms with Crippen LogP contribution in [0.1, 0.15) is 26.9 Å². The Bertz CT molecular complexity index is 1590. The number of alkyl halides is 3. The zero-order valence-electron chi connectivity index (χ0n) is 19.8. The zero-order valence-corrected chi connectivity index (χ0v) is 20.7. The standard InChI is InChI=1S/C24H21F3N8O2S/c1-34-17-6-2-5-13-15(14(9-28)20(29)24(25,26)27)10-35(19(13)17)11-16(23(34)37)30-22(36)21-31-18(32-33-21)8-12-4-3-7-38-12/h2-7,9-10,16,28H,8,11,29H2,1H3,(H,30,36)(H,31,32,33)/b20-14+,28-9?/t16-/m0/s1. The van der Waals surface area contributed by atoms with Gasteiger partial charge in [-0.05, 0) is 17.5 Å². The number of nitrogens with one attached hydrogen (secondary N) is 3. The lowest BCUT2D eigenvalue weighted by Crippen LogP contribution is -2.48. The SMILES string of the molecule is CN1C(=O)[C@@H](NC(=O)c2n[nH]c(Cc3cccs3)n2)Cn2cc(/C(C=N)=C(/N)C(F)(F)F)c3cccc1c32. The van der Waals surface area contributed by atoms with E-state index >= 15 is 0 Å². The van der Waals surface area contributed by atoms with Gasteiger partial charge in [-0.15, -0.1) is 16.4 Å². The Morgan fingerprint density at radius 3 is 2.82 bits per heavy atom. The topological polar surface area (TPSA) is 146 Å². The summed E-state index contributed by atoms with van der Waals surface area (Å²) in [4.78, 5) is 32.8. The monoisotopic (exact) mass is 542 g/mol. The van der Waals surface area contributed by atoms with E-state index in [9.17, 15) is 22.8 Å². The van der Waals surface area contributed by atoms with Gasteiger partial charge in [0.1, 0.15) is 17.6 Å². The molecule has 14 heteroatoms. The van der Waals surface area contributed by atoms with Gasteiger partial charge in [-0.2, -0.15) is 13.2 Å². The lowest BCUT2D eigenvalue weighted by molar-refractivity contribution is -0.120. The molecule has 1 aliphatic heterocycles. The second-order valence-electron chi connectivity index (χ2n) is 8.62. The van der Waals surface area contributed by atoms with Crippen LogP contribution < -0.4 is 16.0 Å². The summed E-state index contributed by atoms with van der Waals surface area (Å²) in [6.45, 7) is -0.0773. The summed E-state index contributed by atoms with van der Waals surface area (Å²) >= 11 is 1.54. The molecule has 3 aromatic heterocycles. The number of anilines is 1. The molecule has 5 rings (SSSR count). The third-order valence-electron chi connectivity index (χ3n) is 6.24. The molecule has 1 aromatic carbocycles. The van der Waals surface area contributed by atoms with Crippen molar-refractivity contribution in [2.24, 2.45) is 5.73 Å². The first-order valence-corrected chi connectivity index (χ1v) is 12.2. The molecule has 5 N–H and O–H groups in total. The molecule has 0 aliphatic carbocycles. The molecule has 196 valence electrons.